The number of benzene rings is 1. The molecule has 1 aromatic carbocycles. The monoisotopic (exact) mass is 336 g/mol. The molecule has 1 fully saturated rings. The van der Waals surface area contributed by atoms with Gasteiger partial charge in [0.25, 0.3) is 0 Å². The van der Waals surface area contributed by atoms with Crippen molar-refractivity contribution in [2.75, 3.05) is 6.54 Å². The topological polar surface area (TPSA) is 72.9 Å². The molecule has 1 aromatic heterocycles. The highest BCUT2D eigenvalue weighted by atomic mass is 19.3. The van der Waals surface area contributed by atoms with Gasteiger partial charge < -0.3 is 11.1 Å². The molecular weight excluding hydrogens is 314 g/mol. The van der Waals surface area contributed by atoms with Crippen molar-refractivity contribution in [3.63, 3.8) is 0 Å². The SMILES string of the molecule is CC(NC(=O)[C@@H]1CCC[C@@H]1CN)c1nc2ccccc2n1C(F)F. The van der Waals surface area contributed by atoms with Crippen LogP contribution < -0.4 is 11.1 Å². The molecule has 1 aliphatic carbocycles. The summed E-state index contributed by atoms with van der Waals surface area (Å²) in [5.41, 5.74) is 6.58. The Labute approximate surface area is 139 Å². The number of nitrogens with one attached hydrogen (secondary N) is 1. The second-order valence-corrected chi connectivity index (χ2v) is 6.37. The third-order valence-electron chi connectivity index (χ3n) is 4.86. The fourth-order valence-corrected chi connectivity index (χ4v) is 3.62. The zero-order valence-corrected chi connectivity index (χ0v) is 13.6. The van der Waals surface area contributed by atoms with Gasteiger partial charge in [-0.3, -0.25) is 9.36 Å². The summed E-state index contributed by atoms with van der Waals surface area (Å²) >= 11 is 0. The van der Waals surface area contributed by atoms with E-state index in [-0.39, 0.29) is 23.6 Å². The van der Waals surface area contributed by atoms with Crippen LogP contribution in [0.3, 0.4) is 0 Å². The summed E-state index contributed by atoms with van der Waals surface area (Å²) in [6.07, 6.45) is 2.72. The van der Waals surface area contributed by atoms with Gasteiger partial charge in [0.15, 0.2) is 0 Å². The van der Waals surface area contributed by atoms with Crippen molar-refractivity contribution in [1.82, 2.24) is 14.9 Å². The van der Waals surface area contributed by atoms with Crippen LogP contribution in [0.15, 0.2) is 24.3 Å². The molecule has 130 valence electrons. The summed E-state index contributed by atoms with van der Waals surface area (Å²) < 4.78 is 27.9. The summed E-state index contributed by atoms with van der Waals surface area (Å²) in [7, 11) is 0. The van der Waals surface area contributed by atoms with Crippen molar-refractivity contribution in [2.45, 2.75) is 38.8 Å². The second kappa shape index (κ2) is 6.84. The molecular formula is C17H22F2N4O. The van der Waals surface area contributed by atoms with Gasteiger partial charge in [0.1, 0.15) is 5.82 Å². The zero-order chi connectivity index (χ0) is 17.3. The van der Waals surface area contributed by atoms with E-state index in [0.717, 1.165) is 23.8 Å². The lowest BCUT2D eigenvalue weighted by molar-refractivity contribution is -0.126. The van der Waals surface area contributed by atoms with E-state index in [0.29, 0.717) is 17.6 Å². The van der Waals surface area contributed by atoms with Crippen LogP contribution in [0.4, 0.5) is 8.78 Å². The Morgan fingerprint density at radius 3 is 2.88 bits per heavy atom. The number of hydrogen-bond acceptors (Lipinski definition) is 3. The van der Waals surface area contributed by atoms with Gasteiger partial charge >= 0.3 is 6.55 Å². The van der Waals surface area contributed by atoms with Gasteiger partial charge in [-0.15, -0.1) is 0 Å². The normalized spacial score (nSPS) is 22.2. The van der Waals surface area contributed by atoms with Crippen LogP contribution >= 0.6 is 0 Å². The predicted octanol–water partition coefficient (Wildman–Crippen LogP) is 2.98. The lowest BCUT2D eigenvalue weighted by Crippen LogP contribution is -2.37. The largest absolute Gasteiger partial charge is 0.346 e. The first-order valence-electron chi connectivity index (χ1n) is 8.28. The molecule has 0 saturated heterocycles. The number of alkyl halides is 2. The third-order valence-corrected chi connectivity index (χ3v) is 4.86. The van der Waals surface area contributed by atoms with Crippen molar-refractivity contribution in [3.8, 4) is 0 Å². The van der Waals surface area contributed by atoms with Crippen LogP contribution in [-0.4, -0.2) is 22.0 Å². The molecule has 1 amide bonds. The molecule has 24 heavy (non-hydrogen) atoms. The van der Waals surface area contributed by atoms with Crippen molar-refractivity contribution in [3.05, 3.63) is 30.1 Å². The highest BCUT2D eigenvalue weighted by Gasteiger charge is 2.33. The Morgan fingerprint density at radius 1 is 1.42 bits per heavy atom. The lowest BCUT2D eigenvalue weighted by atomic mass is 9.95. The van der Waals surface area contributed by atoms with Gasteiger partial charge in [-0.1, -0.05) is 18.6 Å². The minimum atomic E-state index is -2.71. The standard InChI is InChI=1S/C17H22F2N4O/c1-10(21-16(24)12-6-4-5-11(12)9-20)15-22-13-7-2-3-8-14(13)23(15)17(18)19/h2-3,7-8,10-12,17H,4-6,9,20H2,1H3,(H,21,24)/t10?,11-,12-/m1/s1. The summed E-state index contributed by atoms with van der Waals surface area (Å²) in [4.78, 5) is 16.8. The molecule has 3 atom stereocenters. The average Bonchev–Trinajstić information content (AvgIpc) is 3.18. The van der Waals surface area contributed by atoms with Crippen LogP contribution in [0.25, 0.3) is 11.0 Å². The minimum Gasteiger partial charge on any atom is -0.346 e. The van der Waals surface area contributed by atoms with Gasteiger partial charge in [-0.05, 0) is 44.4 Å². The van der Waals surface area contributed by atoms with E-state index >= 15 is 0 Å². The molecule has 0 aliphatic heterocycles. The Balaban J connectivity index is 1.84. The zero-order valence-electron chi connectivity index (χ0n) is 13.6. The molecule has 0 bridgehead atoms. The smallest absolute Gasteiger partial charge is 0.320 e. The van der Waals surface area contributed by atoms with Gasteiger partial charge in [0.05, 0.1) is 17.1 Å². The predicted molar refractivity (Wildman–Crippen MR) is 87.4 cm³/mol. The summed E-state index contributed by atoms with van der Waals surface area (Å²) in [6, 6.07) is 6.14. The number of imidazole rings is 1. The average molecular weight is 336 g/mol. The molecule has 1 aliphatic rings. The van der Waals surface area contributed by atoms with Gasteiger partial charge in [-0.25, -0.2) is 4.98 Å². The van der Waals surface area contributed by atoms with Gasteiger partial charge in [0.2, 0.25) is 5.91 Å². The maximum Gasteiger partial charge on any atom is 0.320 e. The van der Waals surface area contributed by atoms with E-state index in [4.69, 9.17) is 5.73 Å². The number of nitrogens with two attached hydrogens (primary N) is 1. The van der Waals surface area contributed by atoms with E-state index in [2.05, 4.69) is 10.3 Å². The van der Waals surface area contributed by atoms with Crippen molar-refractivity contribution in [2.24, 2.45) is 17.6 Å². The minimum absolute atomic E-state index is 0.122. The number of halogens is 2. The number of hydrogen-bond donors (Lipinski definition) is 2. The van der Waals surface area contributed by atoms with E-state index < -0.39 is 12.6 Å². The summed E-state index contributed by atoms with van der Waals surface area (Å²) in [6.45, 7) is -0.554. The van der Waals surface area contributed by atoms with Crippen molar-refractivity contribution >= 4 is 16.9 Å². The molecule has 0 spiro atoms. The number of rotatable bonds is 5. The Morgan fingerprint density at radius 2 is 2.17 bits per heavy atom. The van der Waals surface area contributed by atoms with Crippen LogP contribution in [0, 0.1) is 11.8 Å². The van der Waals surface area contributed by atoms with Crippen LogP contribution in [-0.2, 0) is 4.79 Å². The van der Waals surface area contributed by atoms with Crippen LogP contribution in [0.5, 0.6) is 0 Å². The van der Waals surface area contributed by atoms with Gasteiger partial charge in [-0.2, -0.15) is 8.78 Å². The third kappa shape index (κ3) is 3.00. The maximum atomic E-state index is 13.5. The van der Waals surface area contributed by atoms with E-state index in [9.17, 15) is 13.6 Å². The first-order chi connectivity index (χ1) is 11.5. The van der Waals surface area contributed by atoms with E-state index in [1.165, 1.54) is 0 Å². The summed E-state index contributed by atoms with van der Waals surface area (Å²) in [5, 5.41) is 2.85. The number of carbonyl (C=O) groups excluding carboxylic acids is 1. The van der Waals surface area contributed by atoms with Crippen molar-refractivity contribution < 1.29 is 13.6 Å². The van der Waals surface area contributed by atoms with E-state index in [1.54, 1.807) is 31.2 Å². The number of aromatic nitrogens is 2. The van der Waals surface area contributed by atoms with Crippen molar-refractivity contribution in [1.29, 1.82) is 0 Å². The van der Waals surface area contributed by atoms with Crippen LogP contribution in [0.2, 0.25) is 0 Å². The fourth-order valence-electron chi connectivity index (χ4n) is 3.62. The maximum absolute atomic E-state index is 13.5. The first-order valence-corrected chi connectivity index (χ1v) is 8.28. The molecule has 1 saturated carbocycles. The number of amides is 1. The number of nitrogens with zero attached hydrogens (tertiary/aromatic N) is 2. The Kier molecular flexibility index (Phi) is 4.80. The number of para-hydroxylation sites is 2. The number of carbonyl (C=O) groups is 1. The summed E-state index contributed by atoms with van der Waals surface area (Å²) in [5.74, 6) is 0.0816. The van der Waals surface area contributed by atoms with E-state index in [1.807, 2.05) is 0 Å². The highest BCUT2D eigenvalue weighted by molar-refractivity contribution is 5.80. The van der Waals surface area contributed by atoms with Gasteiger partial charge in [0, 0.05) is 5.92 Å². The fraction of sp³-hybridized carbons (Fsp3) is 0.529. The number of fused-ring (bicyclic) bond motifs is 1. The molecule has 3 rings (SSSR count). The second-order valence-electron chi connectivity index (χ2n) is 6.37. The quantitative estimate of drug-likeness (QED) is 0.881. The highest BCUT2D eigenvalue weighted by Crippen LogP contribution is 2.32. The molecule has 0 radical (unpaired) electrons. The lowest BCUT2D eigenvalue weighted by Gasteiger charge is -2.21. The molecule has 1 unspecified atom stereocenters. The first kappa shape index (κ1) is 16.8. The molecule has 5 nitrogen and oxygen atoms in total. The molecule has 2 aromatic rings. The molecule has 1 heterocycles. The molecule has 3 N–H and O–H groups in total. The molecule has 7 heteroatoms. The Bertz CT molecular complexity index is 730. The van der Waals surface area contributed by atoms with Crippen LogP contribution in [0.1, 0.15) is 44.6 Å². The Hall–Kier alpha value is -2.02.